The van der Waals surface area contributed by atoms with Crippen molar-refractivity contribution in [2.45, 2.75) is 56.7 Å². The molecule has 12 heteroatoms. The van der Waals surface area contributed by atoms with Crippen molar-refractivity contribution < 1.29 is 28.2 Å². The normalized spacial score (nSPS) is 25.4. The third kappa shape index (κ3) is 5.06. The number of rotatable bonds is 7. The zero-order valence-corrected chi connectivity index (χ0v) is 22.5. The number of nitrogens with zero attached hydrogens (tertiary/aromatic N) is 4. The van der Waals surface area contributed by atoms with Gasteiger partial charge in [-0.3, -0.25) is 14.7 Å². The average Bonchev–Trinajstić information content (AvgIpc) is 3.25. The van der Waals surface area contributed by atoms with Crippen LogP contribution in [0.3, 0.4) is 0 Å². The Morgan fingerprint density at radius 3 is 2.83 bits per heavy atom. The van der Waals surface area contributed by atoms with Crippen LogP contribution in [-0.2, 0) is 27.2 Å². The first kappa shape index (κ1) is 26.0. The van der Waals surface area contributed by atoms with Gasteiger partial charge in [0.2, 0.25) is 0 Å². The summed E-state index contributed by atoms with van der Waals surface area (Å²) >= 11 is 0. The lowest BCUT2D eigenvalue weighted by atomic mass is 9.75. The standard InChI is InChI=1S/C29H31FN6O5/c30-20-14-32-21-2-4-24(36-11-12-39-28(36)38)34-26(21)19(20)7-10-29-8-5-17(6-9-29)22(15-41-29)31-13-18-1-3-23-27(33-18)35-25(37)16-40-23/h1-4,14,17,22,31H,5-13,15-16H2,(H,33,35,37). The predicted octanol–water partition coefficient (Wildman–Crippen LogP) is 3.50. The molecule has 1 atom stereocenters. The number of pyridine rings is 3. The molecular weight excluding hydrogens is 531 g/mol. The third-order valence-electron chi connectivity index (χ3n) is 8.78. The highest BCUT2D eigenvalue weighted by molar-refractivity contribution is 5.94. The molecule has 3 aromatic heterocycles. The molecule has 214 valence electrons. The smallest absolute Gasteiger partial charge is 0.415 e. The van der Waals surface area contributed by atoms with Gasteiger partial charge in [0, 0.05) is 18.2 Å². The molecule has 41 heavy (non-hydrogen) atoms. The molecule has 2 N–H and O–H groups in total. The molecule has 2 amide bonds. The molecule has 1 unspecified atom stereocenters. The number of ether oxygens (including phenoxy) is 3. The van der Waals surface area contributed by atoms with E-state index >= 15 is 4.39 Å². The van der Waals surface area contributed by atoms with Crippen LogP contribution in [0.15, 0.2) is 30.5 Å². The molecule has 5 aliphatic rings. The number of aryl methyl sites for hydroxylation is 1. The molecule has 1 saturated carbocycles. The third-order valence-corrected chi connectivity index (χ3v) is 8.78. The van der Waals surface area contributed by atoms with E-state index in [1.54, 1.807) is 12.1 Å². The van der Waals surface area contributed by atoms with Crippen LogP contribution in [0.25, 0.3) is 11.0 Å². The molecule has 4 fully saturated rings. The van der Waals surface area contributed by atoms with Gasteiger partial charge >= 0.3 is 6.09 Å². The summed E-state index contributed by atoms with van der Waals surface area (Å²) < 4.78 is 32.2. The molecule has 4 aliphatic heterocycles. The van der Waals surface area contributed by atoms with Gasteiger partial charge in [0.1, 0.15) is 18.2 Å². The molecule has 8 rings (SSSR count). The number of anilines is 2. The van der Waals surface area contributed by atoms with E-state index in [4.69, 9.17) is 14.2 Å². The summed E-state index contributed by atoms with van der Waals surface area (Å²) in [5.74, 6) is 1.35. The maximum absolute atomic E-state index is 15.1. The minimum Gasteiger partial charge on any atom is -0.480 e. The van der Waals surface area contributed by atoms with E-state index < -0.39 is 11.9 Å². The molecular formula is C29H31FN6O5. The second kappa shape index (κ2) is 10.5. The van der Waals surface area contributed by atoms with Crippen molar-refractivity contribution in [2.24, 2.45) is 5.92 Å². The van der Waals surface area contributed by atoms with E-state index in [2.05, 4.69) is 25.6 Å². The van der Waals surface area contributed by atoms with E-state index in [1.807, 2.05) is 12.1 Å². The van der Waals surface area contributed by atoms with E-state index in [9.17, 15) is 9.59 Å². The van der Waals surface area contributed by atoms with Crippen LogP contribution in [0.2, 0.25) is 0 Å². The fourth-order valence-electron chi connectivity index (χ4n) is 6.43. The molecule has 11 nitrogen and oxygen atoms in total. The summed E-state index contributed by atoms with van der Waals surface area (Å²) in [5.41, 5.74) is 2.05. The monoisotopic (exact) mass is 562 g/mol. The Kier molecular flexibility index (Phi) is 6.66. The first-order chi connectivity index (χ1) is 20.0. The lowest BCUT2D eigenvalue weighted by Gasteiger charge is -2.36. The Balaban J connectivity index is 1.03. The second-order valence-corrected chi connectivity index (χ2v) is 11.2. The molecule has 1 aliphatic carbocycles. The summed E-state index contributed by atoms with van der Waals surface area (Å²) in [6, 6.07) is 7.39. The van der Waals surface area contributed by atoms with Gasteiger partial charge in [0.15, 0.2) is 18.2 Å². The maximum atomic E-state index is 15.1. The molecule has 3 saturated heterocycles. The highest BCUT2D eigenvalue weighted by atomic mass is 19.1. The molecule has 3 aromatic rings. The lowest BCUT2D eigenvalue weighted by molar-refractivity contribution is -0.118. The van der Waals surface area contributed by atoms with Gasteiger partial charge in [-0.25, -0.2) is 19.2 Å². The van der Waals surface area contributed by atoms with Crippen molar-refractivity contribution >= 4 is 34.7 Å². The number of aromatic nitrogens is 3. The maximum Gasteiger partial charge on any atom is 0.415 e. The number of halogens is 1. The van der Waals surface area contributed by atoms with Gasteiger partial charge in [-0.05, 0) is 68.7 Å². The number of cyclic esters (lactones) is 1. The van der Waals surface area contributed by atoms with E-state index in [-0.39, 0.29) is 24.2 Å². The summed E-state index contributed by atoms with van der Waals surface area (Å²) in [5, 5.41) is 6.38. The van der Waals surface area contributed by atoms with E-state index in [0.29, 0.717) is 79.0 Å². The van der Waals surface area contributed by atoms with Gasteiger partial charge in [0.25, 0.3) is 5.91 Å². The van der Waals surface area contributed by atoms with Crippen molar-refractivity contribution in [3.8, 4) is 5.75 Å². The highest BCUT2D eigenvalue weighted by Crippen LogP contribution is 2.43. The molecule has 0 aromatic carbocycles. The van der Waals surface area contributed by atoms with Gasteiger partial charge < -0.3 is 24.8 Å². The Morgan fingerprint density at radius 1 is 1.12 bits per heavy atom. The zero-order valence-electron chi connectivity index (χ0n) is 22.5. The van der Waals surface area contributed by atoms with E-state index in [1.165, 1.54) is 11.1 Å². The van der Waals surface area contributed by atoms with Crippen LogP contribution >= 0.6 is 0 Å². The van der Waals surface area contributed by atoms with Crippen LogP contribution < -0.4 is 20.3 Å². The molecule has 2 bridgehead atoms. The van der Waals surface area contributed by atoms with Crippen molar-refractivity contribution in [3.05, 3.63) is 47.5 Å². The van der Waals surface area contributed by atoms with Crippen LogP contribution in [0.4, 0.5) is 20.8 Å². The Bertz CT molecular complexity index is 1510. The van der Waals surface area contributed by atoms with Crippen LogP contribution in [0.1, 0.15) is 43.4 Å². The van der Waals surface area contributed by atoms with Crippen molar-refractivity contribution in [1.82, 2.24) is 20.3 Å². The number of fused-ring (bicyclic) bond motifs is 6. The van der Waals surface area contributed by atoms with E-state index in [0.717, 1.165) is 31.4 Å². The SMILES string of the molecule is O=C1COc2ccc(CNC3COC4(CCc5c(F)cnc6ccc(N7CCOC7=O)nc56)CCC3CC4)nc2N1. The topological polar surface area (TPSA) is 128 Å². The van der Waals surface area contributed by atoms with Crippen molar-refractivity contribution in [1.29, 1.82) is 0 Å². The van der Waals surface area contributed by atoms with Crippen LogP contribution in [-0.4, -0.2) is 65.0 Å². The predicted molar refractivity (Wildman–Crippen MR) is 146 cm³/mol. The Labute approximate surface area is 235 Å². The highest BCUT2D eigenvalue weighted by Gasteiger charge is 2.42. The number of nitrogens with one attached hydrogen (secondary N) is 2. The number of carbonyl (C=O) groups excluding carboxylic acids is 2. The Hall–Kier alpha value is -3.90. The lowest BCUT2D eigenvalue weighted by Crippen LogP contribution is -2.38. The number of hydrogen-bond acceptors (Lipinski definition) is 9. The first-order valence-corrected chi connectivity index (χ1v) is 14.1. The van der Waals surface area contributed by atoms with Gasteiger partial charge in [-0.15, -0.1) is 0 Å². The summed E-state index contributed by atoms with van der Waals surface area (Å²) in [6.07, 6.45) is 5.82. The summed E-state index contributed by atoms with van der Waals surface area (Å²) in [4.78, 5) is 38.6. The molecule has 7 heterocycles. The van der Waals surface area contributed by atoms with Gasteiger partial charge in [0.05, 0.1) is 41.7 Å². The number of amides is 2. The zero-order chi connectivity index (χ0) is 28.0. The fourth-order valence-corrected chi connectivity index (χ4v) is 6.43. The minimum atomic E-state index is -0.448. The second-order valence-electron chi connectivity index (χ2n) is 11.2. The molecule has 0 radical (unpaired) electrons. The Morgan fingerprint density at radius 2 is 2.00 bits per heavy atom. The summed E-state index contributed by atoms with van der Waals surface area (Å²) in [7, 11) is 0. The van der Waals surface area contributed by atoms with Gasteiger partial charge in [-0.2, -0.15) is 0 Å². The number of carbonyl (C=O) groups is 2. The quantitative estimate of drug-likeness (QED) is 0.445. The fraction of sp³-hybridized carbons (Fsp3) is 0.483. The van der Waals surface area contributed by atoms with Gasteiger partial charge in [-0.1, -0.05) is 0 Å². The first-order valence-electron chi connectivity index (χ1n) is 14.1. The van der Waals surface area contributed by atoms with Crippen molar-refractivity contribution in [2.75, 3.05) is 36.6 Å². The number of hydrogen-bond donors (Lipinski definition) is 2. The van der Waals surface area contributed by atoms with Crippen molar-refractivity contribution in [3.63, 3.8) is 0 Å². The molecule has 0 spiro atoms. The largest absolute Gasteiger partial charge is 0.480 e. The summed E-state index contributed by atoms with van der Waals surface area (Å²) in [6.45, 7) is 1.84. The van der Waals surface area contributed by atoms with Crippen LogP contribution in [0.5, 0.6) is 5.75 Å². The average molecular weight is 563 g/mol. The van der Waals surface area contributed by atoms with Crippen LogP contribution in [0, 0.1) is 11.7 Å². The minimum absolute atomic E-state index is 0.00569.